The second kappa shape index (κ2) is 8.31. The van der Waals surface area contributed by atoms with Crippen molar-refractivity contribution in [3.8, 4) is 11.5 Å². The lowest BCUT2D eigenvalue weighted by atomic mass is 10.1. The largest absolute Gasteiger partial charge is 0.493 e. The zero-order valence-electron chi connectivity index (χ0n) is 16.1. The fraction of sp³-hybridized carbons (Fsp3) is 0.381. The van der Waals surface area contributed by atoms with Crippen LogP contribution in [0.5, 0.6) is 11.5 Å². The van der Waals surface area contributed by atoms with Crippen LogP contribution in [0.4, 0.5) is 5.69 Å². The minimum absolute atomic E-state index is 0.101. The molecule has 3 atom stereocenters. The molecule has 2 aromatic carbocycles. The van der Waals surface area contributed by atoms with Gasteiger partial charge in [0.15, 0.2) is 11.5 Å². The van der Waals surface area contributed by atoms with Gasteiger partial charge in [0.1, 0.15) is 6.17 Å². The molecule has 1 aliphatic rings. The van der Waals surface area contributed by atoms with Crippen molar-refractivity contribution >= 4 is 11.6 Å². The molecule has 0 fully saturated rings. The molecule has 1 aliphatic heterocycles. The van der Waals surface area contributed by atoms with E-state index < -0.39 is 0 Å². The van der Waals surface area contributed by atoms with E-state index in [0.717, 1.165) is 11.3 Å². The summed E-state index contributed by atoms with van der Waals surface area (Å²) in [6.07, 6.45) is -0.222. The SMILES string of the molecule is COc1cc(C2NC(=O)c3ccccc3N2)ccc1OCC(C)C(C)OC. The average Bonchev–Trinajstić information content (AvgIpc) is 2.71. The molecule has 6 heteroatoms. The predicted molar refractivity (Wildman–Crippen MR) is 104 cm³/mol. The summed E-state index contributed by atoms with van der Waals surface area (Å²) in [4.78, 5) is 12.3. The number of fused-ring (bicyclic) bond motifs is 1. The van der Waals surface area contributed by atoms with Crippen molar-refractivity contribution in [2.45, 2.75) is 26.1 Å². The first kappa shape index (κ1) is 19.0. The van der Waals surface area contributed by atoms with Crippen LogP contribution in [0, 0.1) is 5.92 Å². The molecule has 27 heavy (non-hydrogen) atoms. The highest BCUT2D eigenvalue weighted by molar-refractivity contribution is 6.01. The van der Waals surface area contributed by atoms with Gasteiger partial charge in [0, 0.05) is 18.7 Å². The monoisotopic (exact) mass is 370 g/mol. The van der Waals surface area contributed by atoms with E-state index in [4.69, 9.17) is 14.2 Å². The van der Waals surface area contributed by atoms with Gasteiger partial charge in [-0.25, -0.2) is 0 Å². The van der Waals surface area contributed by atoms with Gasteiger partial charge in [-0.05, 0) is 36.8 Å². The van der Waals surface area contributed by atoms with Crippen LogP contribution in [0.1, 0.15) is 35.9 Å². The van der Waals surface area contributed by atoms with Crippen LogP contribution in [0.15, 0.2) is 42.5 Å². The fourth-order valence-electron chi connectivity index (χ4n) is 2.95. The Bertz CT molecular complexity index is 809. The Morgan fingerprint density at radius 3 is 2.56 bits per heavy atom. The Morgan fingerprint density at radius 2 is 1.81 bits per heavy atom. The van der Waals surface area contributed by atoms with E-state index in [2.05, 4.69) is 17.6 Å². The van der Waals surface area contributed by atoms with Crippen molar-refractivity contribution in [2.75, 3.05) is 26.1 Å². The summed E-state index contributed by atoms with van der Waals surface area (Å²) in [6, 6.07) is 13.1. The third-order valence-corrected chi connectivity index (χ3v) is 4.94. The zero-order valence-corrected chi connectivity index (χ0v) is 16.1. The van der Waals surface area contributed by atoms with E-state index in [0.29, 0.717) is 23.7 Å². The molecule has 0 bridgehead atoms. The van der Waals surface area contributed by atoms with E-state index >= 15 is 0 Å². The fourth-order valence-corrected chi connectivity index (χ4v) is 2.95. The highest BCUT2D eigenvalue weighted by atomic mass is 16.5. The number of nitrogens with one attached hydrogen (secondary N) is 2. The summed E-state index contributed by atoms with van der Waals surface area (Å²) >= 11 is 0. The minimum atomic E-state index is -0.331. The van der Waals surface area contributed by atoms with Crippen molar-refractivity contribution < 1.29 is 19.0 Å². The lowest BCUT2D eigenvalue weighted by Crippen LogP contribution is -2.38. The molecule has 0 saturated heterocycles. The van der Waals surface area contributed by atoms with Crippen LogP contribution in [-0.4, -0.2) is 32.8 Å². The number of ether oxygens (including phenoxy) is 3. The topological polar surface area (TPSA) is 68.8 Å². The molecule has 3 unspecified atom stereocenters. The lowest BCUT2D eigenvalue weighted by Gasteiger charge is -2.28. The van der Waals surface area contributed by atoms with Gasteiger partial charge in [0.2, 0.25) is 0 Å². The highest BCUT2D eigenvalue weighted by Crippen LogP contribution is 2.33. The number of methoxy groups -OCH3 is 2. The first-order valence-electron chi connectivity index (χ1n) is 9.03. The molecule has 0 aliphatic carbocycles. The molecule has 144 valence electrons. The Kier molecular flexibility index (Phi) is 5.86. The van der Waals surface area contributed by atoms with Crippen LogP contribution < -0.4 is 20.1 Å². The maximum atomic E-state index is 12.3. The van der Waals surface area contributed by atoms with Crippen molar-refractivity contribution in [3.63, 3.8) is 0 Å². The van der Waals surface area contributed by atoms with E-state index in [1.54, 1.807) is 20.3 Å². The number of carbonyl (C=O) groups is 1. The van der Waals surface area contributed by atoms with Gasteiger partial charge in [-0.2, -0.15) is 0 Å². The molecule has 0 spiro atoms. The van der Waals surface area contributed by atoms with Crippen molar-refractivity contribution in [1.82, 2.24) is 5.32 Å². The molecule has 0 saturated carbocycles. The number of amides is 1. The summed E-state index contributed by atoms with van der Waals surface area (Å²) < 4.78 is 16.7. The first-order chi connectivity index (χ1) is 13.0. The van der Waals surface area contributed by atoms with Crippen molar-refractivity contribution in [1.29, 1.82) is 0 Å². The standard InChI is InChI=1S/C21H26N2O4/c1-13(14(2)25-3)12-27-18-10-9-15(11-19(18)26-4)20-22-17-8-6-5-7-16(17)21(24)23-20/h5-11,13-14,20,22H,12H2,1-4H3,(H,23,24). The summed E-state index contributed by atoms with van der Waals surface area (Å²) in [5, 5.41) is 6.31. The van der Waals surface area contributed by atoms with Crippen LogP contribution in [0.25, 0.3) is 0 Å². The number of anilines is 1. The molecule has 0 aromatic heterocycles. The van der Waals surface area contributed by atoms with Gasteiger partial charge in [0.05, 0.1) is 25.4 Å². The van der Waals surface area contributed by atoms with Gasteiger partial charge < -0.3 is 24.8 Å². The van der Waals surface area contributed by atoms with Crippen LogP contribution >= 0.6 is 0 Å². The molecular weight excluding hydrogens is 344 g/mol. The van der Waals surface area contributed by atoms with Gasteiger partial charge in [-0.1, -0.05) is 25.1 Å². The summed E-state index contributed by atoms with van der Waals surface area (Å²) in [6.45, 7) is 4.62. The number of rotatable bonds is 7. The summed E-state index contributed by atoms with van der Waals surface area (Å²) in [5.41, 5.74) is 2.34. The van der Waals surface area contributed by atoms with E-state index in [9.17, 15) is 4.79 Å². The molecule has 2 N–H and O–H groups in total. The average molecular weight is 370 g/mol. The smallest absolute Gasteiger partial charge is 0.255 e. The van der Waals surface area contributed by atoms with Crippen LogP contribution in [0.3, 0.4) is 0 Å². The summed E-state index contributed by atoms with van der Waals surface area (Å²) in [7, 11) is 3.30. The third kappa shape index (κ3) is 4.17. The zero-order chi connectivity index (χ0) is 19.4. The number of carbonyl (C=O) groups excluding carboxylic acids is 1. The van der Waals surface area contributed by atoms with Crippen LogP contribution in [0.2, 0.25) is 0 Å². The van der Waals surface area contributed by atoms with Crippen LogP contribution in [-0.2, 0) is 4.74 Å². The molecule has 6 nitrogen and oxygen atoms in total. The molecule has 1 amide bonds. The Hall–Kier alpha value is -2.73. The number of hydrogen-bond donors (Lipinski definition) is 2. The maximum Gasteiger partial charge on any atom is 0.255 e. The second-order valence-corrected chi connectivity index (χ2v) is 6.74. The second-order valence-electron chi connectivity index (χ2n) is 6.74. The third-order valence-electron chi connectivity index (χ3n) is 4.94. The predicted octanol–water partition coefficient (Wildman–Crippen LogP) is 3.60. The number of hydrogen-bond acceptors (Lipinski definition) is 5. The molecule has 3 rings (SSSR count). The Labute approximate surface area is 159 Å². The normalized spacial score (nSPS) is 17.9. The quantitative estimate of drug-likeness (QED) is 0.779. The molecule has 2 aromatic rings. The highest BCUT2D eigenvalue weighted by Gasteiger charge is 2.25. The van der Waals surface area contributed by atoms with E-state index in [-0.39, 0.29) is 24.1 Å². The van der Waals surface area contributed by atoms with E-state index in [1.807, 2.05) is 43.3 Å². The number of para-hydroxylation sites is 1. The Morgan fingerprint density at radius 1 is 1.04 bits per heavy atom. The van der Waals surface area contributed by atoms with Crippen molar-refractivity contribution in [2.24, 2.45) is 5.92 Å². The van der Waals surface area contributed by atoms with Gasteiger partial charge in [0.25, 0.3) is 5.91 Å². The number of benzene rings is 2. The van der Waals surface area contributed by atoms with Gasteiger partial charge in [-0.3, -0.25) is 4.79 Å². The Balaban J connectivity index is 1.76. The lowest BCUT2D eigenvalue weighted by molar-refractivity contribution is 0.0518. The molecule has 0 radical (unpaired) electrons. The minimum Gasteiger partial charge on any atom is -0.493 e. The molecular formula is C21H26N2O4. The molecule has 1 heterocycles. The van der Waals surface area contributed by atoms with Gasteiger partial charge in [-0.15, -0.1) is 0 Å². The van der Waals surface area contributed by atoms with Gasteiger partial charge >= 0.3 is 0 Å². The van der Waals surface area contributed by atoms with E-state index in [1.165, 1.54) is 0 Å². The van der Waals surface area contributed by atoms with Crippen molar-refractivity contribution in [3.05, 3.63) is 53.6 Å². The first-order valence-corrected chi connectivity index (χ1v) is 9.03. The summed E-state index contributed by atoms with van der Waals surface area (Å²) in [5.74, 6) is 1.44. The maximum absolute atomic E-state index is 12.3.